The summed E-state index contributed by atoms with van der Waals surface area (Å²) >= 11 is 11.8. The van der Waals surface area contributed by atoms with Crippen molar-refractivity contribution in [2.45, 2.75) is 13.3 Å². The summed E-state index contributed by atoms with van der Waals surface area (Å²) in [5.74, 6) is 0.175. The Morgan fingerprint density at radius 3 is 2.25 bits per heavy atom. The molecule has 0 saturated heterocycles. The molecule has 0 heterocycles. The Balaban J connectivity index is 1.96. The van der Waals surface area contributed by atoms with Crippen LogP contribution in [-0.2, 0) is 4.79 Å². The van der Waals surface area contributed by atoms with Gasteiger partial charge in [0.15, 0.2) is 11.5 Å². The number of rotatable bonds is 7. The molecule has 28 heavy (non-hydrogen) atoms. The lowest BCUT2D eigenvalue weighted by atomic mass is 10.2. The Kier molecular flexibility index (Phi) is 7.66. The first kappa shape index (κ1) is 21.5. The Labute approximate surface area is 172 Å². The molecule has 0 saturated carbocycles. The van der Waals surface area contributed by atoms with Crippen LogP contribution in [0.3, 0.4) is 0 Å². The lowest BCUT2D eigenvalue weighted by Gasteiger charge is -2.09. The first-order valence-electron chi connectivity index (χ1n) is 8.14. The Hall–Kier alpha value is -2.77. The molecule has 0 aromatic heterocycles. The zero-order valence-corrected chi connectivity index (χ0v) is 17.0. The number of carbonyl (C=O) groups excluding carboxylic acids is 2. The van der Waals surface area contributed by atoms with Crippen LogP contribution in [0.2, 0.25) is 10.0 Å². The van der Waals surface area contributed by atoms with E-state index < -0.39 is 5.91 Å². The fourth-order valence-electron chi connectivity index (χ4n) is 2.29. The number of hydrazone groups is 1. The van der Waals surface area contributed by atoms with Crippen molar-refractivity contribution in [2.24, 2.45) is 5.10 Å². The molecule has 9 heteroatoms. The molecule has 0 radical (unpaired) electrons. The van der Waals surface area contributed by atoms with Gasteiger partial charge in [-0.3, -0.25) is 9.59 Å². The Morgan fingerprint density at radius 2 is 1.64 bits per heavy atom. The molecular formula is C19H19Cl2N3O4. The van der Waals surface area contributed by atoms with E-state index in [1.807, 2.05) is 0 Å². The summed E-state index contributed by atoms with van der Waals surface area (Å²) in [4.78, 5) is 24.3. The van der Waals surface area contributed by atoms with Gasteiger partial charge in [0.25, 0.3) is 5.91 Å². The standard InChI is InChI=1S/C19H19Cl2N3O4/c1-11(6-18(25)22-15-9-13(20)8-14(21)10-15)23-24-19(26)12-4-5-16(27-2)17(7-12)28-3/h4-5,7-10H,6H2,1-3H3,(H,22,25)(H,24,26). The fraction of sp³-hybridized carbons (Fsp3) is 0.211. The van der Waals surface area contributed by atoms with E-state index in [1.54, 1.807) is 37.3 Å². The number of hydrogen-bond acceptors (Lipinski definition) is 5. The molecule has 7 nitrogen and oxygen atoms in total. The summed E-state index contributed by atoms with van der Waals surface area (Å²) in [6.45, 7) is 1.62. The van der Waals surface area contributed by atoms with Gasteiger partial charge in [-0.1, -0.05) is 23.2 Å². The van der Waals surface area contributed by atoms with Gasteiger partial charge in [-0.05, 0) is 43.3 Å². The lowest BCUT2D eigenvalue weighted by molar-refractivity contribution is -0.115. The number of methoxy groups -OCH3 is 2. The number of benzene rings is 2. The highest BCUT2D eigenvalue weighted by Gasteiger charge is 2.11. The molecule has 0 atom stereocenters. The monoisotopic (exact) mass is 423 g/mol. The third-order valence-electron chi connectivity index (χ3n) is 3.56. The topological polar surface area (TPSA) is 89.0 Å². The zero-order chi connectivity index (χ0) is 20.7. The molecule has 2 rings (SSSR count). The largest absolute Gasteiger partial charge is 0.493 e. The van der Waals surface area contributed by atoms with Gasteiger partial charge >= 0.3 is 0 Å². The predicted octanol–water partition coefficient (Wildman–Crippen LogP) is 4.15. The molecule has 0 spiro atoms. The van der Waals surface area contributed by atoms with Crippen LogP contribution in [0.5, 0.6) is 11.5 Å². The van der Waals surface area contributed by atoms with Crippen molar-refractivity contribution in [3.05, 3.63) is 52.0 Å². The number of amides is 2. The summed E-state index contributed by atoms with van der Waals surface area (Å²) in [5, 5.41) is 7.44. The maximum atomic E-state index is 12.2. The third-order valence-corrected chi connectivity index (χ3v) is 3.99. The van der Waals surface area contributed by atoms with Crippen LogP contribution in [0.15, 0.2) is 41.5 Å². The van der Waals surface area contributed by atoms with Crippen LogP contribution in [-0.4, -0.2) is 31.7 Å². The van der Waals surface area contributed by atoms with Crippen LogP contribution in [0, 0.1) is 0 Å². The minimum absolute atomic E-state index is 0.0175. The van der Waals surface area contributed by atoms with Crippen LogP contribution in [0.1, 0.15) is 23.7 Å². The molecule has 2 amide bonds. The summed E-state index contributed by atoms with van der Waals surface area (Å²) in [6.07, 6.45) is -0.0175. The van der Waals surface area contributed by atoms with E-state index >= 15 is 0 Å². The van der Waals surface area contributed by atoms with Crippen molar-refractivity contribution < 1.29 is 19.1 Å². The number of anilines is 1. The summed E-state index contributed by atoms with van der Waals surface area (Å²) in [7, 11) is 2.99. The van der Waals surface area contributed by atoms with Gasteiger partial charge in [0.1, 0.15) is 0 Å². The number of hydrogen-bond donors (Lipinski definition) is 2. The third kappa shape index (κ3) is 6.14. The number of nitrogens with one attached hydrogen (secondary N) is 2. The lowest BCUT2D eigenvalue weighted by Crippen LogP contribution is -2.21. The van der Waals surface area contributed by atoms with E-state index in [0.717, 1.165) is 0 Å². The maximum Gasteiger partial charge on any atom is 0.271 e. The quantitative estimate of drug-likeness (QED) is 0.517. The molecule has 148 valence electrons. The highest BCUT2D eigenvalue weighted by atomic mass is 35.5. The van der Waals surface area contributed by atoms with Gasteiger partial charge in [0, 0.05) is 27.0 Å². The second-order valence-corrected chi connectivity index (χ2v) is 6.61. The van der Waals surface area contributed by atoms with Crippen molar-refractivity contribution in [3.63, 3.8) is 0 Å². The van der Waals surface area contributed by atoms with Crippen molar-refractivity contribution in [1.29, 1.82) is 0 Å². The van der Waals surface area contributed by atoms with E-state index in [-0.39, 0.29) is 12.3 Å². The van der Waals surface area contributed by atoms with E-state index in [4.69, 9.17) is 32.7 Å². The zero-order valence-electron chi connectivity index (χ0n) is 15.5. The fourth-order valence-corrected chi connectivity index (χ4v) is 2.82. The minimum Gasteiger partial charge on any atom is -0.493 e. The van der Waals surface area contributed by atoms with Gasteiger partial charge < -0.3 is 14.8 Å². The number of halogens is 2. The molecule has 0 aliphatic heterocycles. The van der Waals surface area contributed by atoms with Crippen LogP contribution < -0.4 is 20.2 Å². The molecule has 0 aliphatic rings. The van der Waals surface area contributed by atoms with Gasteiger partial charge in [-0.25, -0.2) is 5.43 Å². The highest BCUT2D eigenvalue weighted by Crippen LogP contribution is 2.27. The highest BCUT2D eigenvalue weighted by molar-refractivity contribution is 6.35. The van der Waals surface area contributed by atoms with Crippen LogP contribution in [0.4, 0.5) is 5.69 Å². The molecular weight excluding hydrogens is 405 g/mol. The second-order valence-electron chi connectivity index (χ2n) is 5.74. The normalized spacial score (nSPS) is 11.0. The number of carbonyl (C=O) groups is 2. The predicted molar refractivity (Wildman–Crippen MR) is 110 cm³/mol. The average Bonchev–Trinajstić information content (AvgIpc) is 2.64. The van der Waals surface area contributed by atoms with Crippen molar-refractivity contribution >= 4 is 46.4 Å². The Bertz CT molecular complexity index is 896. The molecule has 0 fully saturated rings. The minimum atomic E-state index is -0.442. The maximum absolute atomic E-state index is 12.2. The van der Waals surface area contributed by atoms with Crippen molar-refractivity contribution in [3.8, 4) is 11.5 Å². The van der Waals surface area contributed by atoms with Crippen LogP contribution >= 0.6 is 23.2 Å². The SMILES string of the molecule is COc1ccc(C(=O)NN=C(C)CC(=O)Nc2cc(Cl)cc(Cl)c2)cc1OC. The van der Waals surface area contributed by atoms with Gasteiger partial charge in [0.2, 0.25) is 5.91 Å². The molecule has 2 aromatic rings. The first-order chi connectivity index (χ1) is 13.3. The summed E-state index contributed by atoms with van der Waals surface area (Å²) in [6, 6.07) is 9.46. The van der Waals surface area contributed by atoms with Gasteiger partial charge in [-0.15, -0.1) is 0 Å². The average molecular weight is 424 g/mol. The molecule has 0 bridgehead atoms. The van der Waals surface area contributed by atoms with Crippen molar-refractivity contribution in [2.75, 3.05) is 19.5 Å². The summed E-state index contributed by atoms with van der Waals surface area (Å²) < 4.78 is 10.3. The van der Waals surface area contributed by atoms with Crippen LogP contribution in [0.25, 0.3) is 0 Å². The van der Waals surface area contributed by atoms with E-state index in [0.29, 0.717) is 38.5 Å². The molecule has 0 aliphatic carbocycles. The number of ether oxygens (including phenoxy) is 2. The molecule has 2 aromatic carbocycles. The summed E-state index contributed by atoms with van der Waals surface area (Å²) in [5.41, 5.74) is 3.64. The number of nitrogens with zero attached hydrogens (tertiary/aromatic N) is 1. The Morgan fingerprint density at radius 1 is 1.00 bits per heavy atom. The van der Waals surface area contributed by atoms with E-state index in [2.05, 4.69) is 15.8 Å². The smallest absolute Gasteiger partial charge is 0.271 e. The van der Waals surface area contributed by atoms with Gasteiger partial charge in [0.05, 0.1) is 20.6 Å². The van der Waals surface area contributed by atoms with E-state index in [1.165, 1.54) is 20.3 Å². The first-order valence-corrected chi connectivity index (χ1v) is 8.89. The molecule has 2 N–H and O–H groups in total. The van der Waals surface area contributed by atoms with Gasteiger partial charge in [-0.2, -0.15) is 5.10 Å². The van der Waals surface area contributed by atoms with Crippen molar-refractivity contribution in [1.82, 2.24) is 5.43 Å². The van der Waals surface area contributed by atoms with E-state index in [9.17, 15) is 9.59 Å². The second kappa shape index (κ2) is 9.96. The molecule has 0 unspecified atom stereocenters.